The number of aromatic nitrogens is 2. The number of hydrogen-bond donors (Lipinski definition) is 2. The van der Waals surface area contributed by atoms with Crippen LogP contribution in [0, 0.1) is 5.21 Å². The monoisotopic (exact) mass is 343 g/mol. The van der Waals surface area contributed by atoms with E-state index in [0.29, 0.717) is 16.9 Å². The van der Waals surface area contributed by atoms with Crippen LogP contribution in [-0.4, -0.2) is 34.1 Å². The summed E-state index contributed by atoms with van der Waals surface area (Å²) < 4.78 is 6.24. The maximum atomic E-state index is 11.6. The predicted molar refractivity (Wildman–Crippen MR) is 89.0 cm³/mol. The first-order chi connectivity index (χ1) is 12.1. The quantitative estimate of drug-likeness (QED) is 0.513. The number of nitrogens with one attached hydrogen (secondary N) is 1. The van der Waals surface area contributed by atoms with Crippen LogP contribution in [0.4, 0.5) is 5.69 Å². The van der Waals surface area contributed by atoms with Crippen LogP contribution in [0.5, 0.6) is 0 Å². The molecular weight excluding hydrogens is 326 g/mol. The number of quaternary nitrogens is 1. The molecule has 0 aliphatic carbocycles. The summed E-state index contributed by atoms with van der Waals surface area (Å²) in [4.78, 5) is 21.7. The van der Waals surface area contributed by atoms with E-state index in [-0.39, 0.29) is 18.9 Å². The highest BCUT2D eigenvalue weighted by molar-refractivity contribution is 5.82. The van der Waals surface area contributed by atoms with Gasteiger partial charge in [-0.2, -0.15) is 9.96 Å². The number of rotatable bonds is 6. The summed E-state index contributed by atoms with van der Waals surface area (Å²) in [6, 6.07) is 13.8. The number of nitrogens with zero attached hydrogens (tertiary/aromatic N) is 2. The minimum atomic E-state index is -1.05. The molecule has 0 radical (unpaired) electrons. The SMILES string of the molecule is CCOC(=O)COn1c(-c2ccccc2)nc2ccc([NH+]([O-])O)cc21. The van der Waals surface area contributed by atoms with Crippen molar-refractivity contribution in [3.8, 4) is 11.4 Å². The molecule has 3 aromatic rings. The number of esters is 1. The van der Waals surface area contributed by atoms with Gasteiger partial charge >= 0.3 is 5.97 Å². The highest BCUT2D eigenvalue weighted by Gasteiger charge is 2.17. The zero-order valence-corrected chi connectivity index (χ0v) is 13.5. The van der Waals surface area contributed by atoms with Crippen LogP contribution >= 0.6 is 0 Å². The van der Waals surface area contributed by atoms with E-state index in [1.165, 1.54) is 16.9 Å². The molecule has 130 valence electrons. The highest BCUT2D eigenvalue weighted by atomic mass is 16.8. The summed E-state index contributed by atoms with van der Waals surface area (Å²) in [6.07, 6.45) is 0. The molecule has 2 N–H and O–H groups in total. The Morgan fingerprint density at radius 2 is 2.04 bits per heavy atom. The molecule has 1 atom stereocenters. The van der Waals surface area contributed by atoms with Gasteiger partial charge in [0.2, 0.25) is 6.61 Å². The van der Waals surface area contributed by atoms with E-state index in [2.05, 4.69) is 4.98 Å². The van der Waals surface area contributed by atoms with Crippen molar-refractivity contribution in [2.24, 2.45) is 0 Å². The van der Waals surface area contributed by atoms with Crippen molar-refractivity contribution < 1.29 is 24.8 Å². The molecule has 3 rings (SSSR count). The largest absolute Gasteiger partial charge is 0.595 e. The zero-order valence-electron chi connectivity index (χ0n) is 13.5. The molecule has 8 nitrogen and oxygen atoms in total. The van der Waals surface area contributed by atoms with E-state index >= 15 is 0 Å². The predicted octanol–water partition coefficient (Wildman–Crippen LogP) is 1.10. The molecule has 1 unspecified atom stereocenters. The van der Waals surface area contributed by atoms with E-state index < -0.39 is 11.2 Å². The van der Waals surface area contributed by atoms with Gasteiger partial charge in [-0.15, -0.1) is 0 Å². The van der Waals surface area contributed by atoms with Crippen LogP contribution in [0.1, 0.15) is 6.92 Å². The third kappa shape index (κ3) is 3.61. The topological polar surface area (TPSA) is 101 Å². The van der Waals surface area contributed by atoms with Crippen molar-refractivity contribution in [2.75, 3.05) is 13.2 Å². The van der Waals surface area contributed by atoms with Gasteiger partial charge in [0.1, 0.15) is 5.52 Å². The number of carbonyl (C=O) groups excluding carboxylic acids is 1. The lowest BCUT2D eigenvalue weighted by Crippen LogP contribution is -2.99. The summed E-state index contributed by atoms with van der Waals surface area (Å²) in [5, 5.41) is 19.4. The average molecular weight is 343 g/mol. The lowest BCUT2D eigenvalue weighted by molar-refractivity contribution is -0.991. The second kappa shape index (κ2) is 7.31. The van der Waals surface area contributed by atoms with Crippen molar-refractivity contribution in [3.63, 3.8) is 0 Å². The Kier molecular flexibility index (Phi) is 4.94. The second-order valence-corrected chi connectivity index (χ2v) is 5.18. The third-order valence-electron chi connectivity index (χ3n) is 3.51. The Hall–Kier alpha value is -2.94. The Balaban J connectivity index is 2.07. The van der Waals surface area contributed by atoms with E-state index in [1.807, 2.05) is 30.3 Å². The van der Waals surface area contributed by atoms with Gasteiger partial charge in [-0.05, 0) is 13.0 Å². The van der Waals surface area contributed by atoms with Gasteiger partial charge in [-0.3, -0.25) is 0 Å². The molecule has 0 saturated carbocycles. The lowest BCUT2D eigenvalue weighted by atomic mass is 10.2. The molecule has 2 aromatic carbocycles. The van der Waals surface area contributed by atoms with Crippen LogP contribution < -0.4 is 10.1 Å². The molecule has 25 heavy (non-hydrogen) atoms. The van der Waals surface area contributed by atoms with E-state index in [4.69, 9.17) is 9.57 Å². The second-order valence-electron chi connectivity index (χ2n) is 5.18. The lowest BCUT2D eigenvalue weighted by Gasteiger charge is -2.13. The third-order valence-corrected chi connectivity index (χ3v) is 3.51. The number of ether oxygens (including phenoxy) is 1. The molecule has 0 bridgehead atoms. The van der Waals surface area contributed by atoms with E-state index in [0.717, 1.165) is 5.56 Å². The molecule has 0 aliphatic rings. The fourth-order valence-corrected chi connectivity index (χ4v) is 2.41. The van der Waals surface area contributed by atoms with E-state index in [1.54, 1.807) is 13.0 Å². The Morgan fingerprint density at radius 3 is 2.72 bits per heavy atom. The van der Waals surface area contributed by atoms with Crippen LogP contribution in [0.25, 0.3) is 22.4 Å². The van der Waals surface area contributed by atoms with Crippen LogP contribution in [0.15, 0.2) is 48.5 Å². The van der Waals surface area contributed by atoms with Crippen molar-refractivity contribution in [1.29, 1.82) is 0 Å². The fourth-order valence-electron chi connectivity index (χ4n) is 2.41. The summed E-state index contributed by atoms with van der Waals surface area (Å²) >= 11 is 0. The summed E-state index contributed by atoms with van der Waals surface area (Å²) in [6.45, 7) is 1.65. The first-order valence-electron chi connectivity index (χ1n) is 7.70. The normalized spacial score (nSPS) is 12.1. The van der Waals surface area contributed by atoms with Crippen molar-refractivity contribution in [2.45, 2.75) is 6.92 Å². The molecule has 0 amide bonds. The molecule has 0 spiro atoms. The number of fused-ring (bicyclic) bond motifs is 1. The Morgan fingerprint density at radius 1 is 1.28 bits per heavy atom. The van der Waals surface area contributed by atoms with Gasteiger partial charge in [0.25, 0.3) is 0 Å². The van der Waals surface area contributed by atoms with Crippen LogP contribution in [-0.2, 0) is 9.53 Å². The van der Waals surface area contributed by atoms with Gasteiger partial charge in [0.15, 0.2) is 11.5 Å². The molecule has 1 heterocycles. The zero-order chi connectivity index (χ0) is 17.8. The van der Waals surface area contributed by atoms with Crippen LogP contribution in [0.3, 0.4) is 0 Å². The molecule has 0 fully saturated rings. The Labute approximate surface area is 143 Å². The van der Waals surface area contributed by atoms with Crippen molar-refractivity contribution in [1.82, 2.24) is 9.71 Å². The number of carbonyl (C=O) groups is 1. The van der Waals surface area contributed by atoms with Gasteiger partial charge < -0.3 is 14.8 Å². The maximum absolute atomic E-state index is 11.6. The maximum Gasteiger partial charge on any atom is 0.346 e. The summed E-state index contributed by atoms with van der Waals surface area (Å²) in [5.74, 6) is -0.0415. The summed E-state index contributed by atoms with van der Waals surface area (Å²) in [5.41, 5.74) is 1.91. The minimum absolute atomic E-state index is 0.105. The van der Waals surface area contributed by atoms with Gasteiger partial charge in [0.05, 0.1) is 12.1 Å². The molecule has 0 saturated heterocycles. The highest BCUT2D eigenvalue weighted by Crippen LogP contribution is 2.25. The molecule has 0 aliphatic heterocycles. The average Bonchev–Trinajstić information content (AvgIpc) is 2.98. The van der Waals surface area contributed by atoms with Gasteiger partial charge in [-0.1, -0.05) is 30.3 Å². The fraction of sp³-hybridized carbons (Fsp3) is 0.176. The number of hydrogen-bond acceptors (Lipinski definition) is 6. The number of benzene rings is 2. The van der Waals surface area contributed by atoms with E-state index in [9.17, 15) is 15.2 Å². The minimum Gasteiger partial charge on any atom is -0.595 e. The summed E-state index contributed by atoms with van der Waals surface area (Å²) in [7, 11) is 0. The molecule has 8 heteroatoms. The van der Waals surface area contributed by atoms with Crippen molar-refractivity contribution >= 4 is 22.7 Å². The van der Waals surface area contributed by atoms with Crippen molar-refractivity contribution in [3.05, 3.63) is 53.7 Å². The number of imidazole rings is 1. The molecule has 1 aromatic heterocycles. The smallest absolute Gasteiger partial charge is 0.346 e. The van der Waals surface area contributed by atoms with Crippen LogP contribution in [0.2, 0.25) is 0 Å². The first kappa shape index (κ1) is 16.9. The first-order valence-corrected chi connectivity index (χ1v) is 7.70. The molecular formula is C17H17N3O5. The standard InChI is InChI=1S/C17H17N3O5/c1-2-24-16(21)11-25-19-15-10-13(20(22)23)8-9-14(15)18-17(19)12-6-4-3-5-7-12/h3-10,20,22H,2,11H2,1H3. The van der Waals surface area contributed by atoms with Gasteiger partial charge in [0, 0.05) is 17.7 Å². The van der Waals surface area contributed by atoms with Gasteiger partial charge in [-0.25, -0.2) is 15.0 Å². The Bertz CT molecular complexity index is 877.